The Bertz CT molecular complexity index is 1040. The maximum atomic E-state index is 12.5. The Morgan fingerprint density at radius 3 is 2.63 bits per heavy atom. The Hall–Kier alpha value is -3.48. The fourth-order valence-electron chi connectivity index (χ4n) is 3.59. The highest BCUT2D eigenvalue weighted by molar-refractivity contribution is 5.91. The minimum absolute atomic E-state index is 0.129. The highest BCUT2D eigenvalue weighted by Crippen LogP contribution is 2.19. The lowest BCUT2D eigenvalue weighted by molar-refractivity contribution is -0.132. The Labute approximate surface area is 175 Å². The summed E-state index contributed by atoms with van der Waals surface area (Å²) in [6, 6.07) is 16.1. The van der Waals surface area contributed by atoms with Crippen molar-refractivity contribution < 1.29 is 9.59 Å². The number of aromatic nitrogens is 3. The standard InChI is InChI=1S/C23H25N5O2/c1-17-8-10-20(11-9-17)28-16-21(25-26-28)23(30)24-13-4-7-22(29)27-14-12-18-5-2-3-6-19(18)15-27/h2-3,5-6,8-11,16H,4,7,12-15H2,1H3,(H,24,30). The first kappa shape index (κ1) is 19.8. The Kier molecular flexibility index (Phi) is 5.88. The molecule has 0 fully saturated rings. The van der Waals surface area contributed by atoms with E-state index in [2.05, 4.69) is 27.8 Å². The van der Waals surface area contributed by atoms with Gasteiger partial charge in [0.1, 0.15) is 0 Å². The van der Waals surface area contributed by atoms with Gasteiger partial charge in [-0.1, -0.05) is 47.2 Å². The molecule has 7 heteroatoms. The molecule has 0 saturated heterocycles. The number of nitrogens with one attached hydrogen (secondary N) is 1. The fraction of sp³-hybridized carbons (Fsp3) is 0.304. The van der Waals surface area contributed by atoms with Gasteiger partial charge in [0, 0.05) is 26.1 Å². The van der Waals surface area contributed by atoms with Crippen molar-refractivity contribution in [1.29, 1.82) is 0 Å². The van der Waals surface area contributed by atoms with Crippen molar-refractivity contribution in [3.05, 3.63) is 77.1 Å². The second kappa shape index (κ2) is 8.90. The molecule has 0 radical (unpaired) electrons. The number of hydrogen-bond acceptors (Lipinski definition) is 4. The van der Waals surface area contributed by atoms with Crippen molar-refractivity contribution in [3.63, 3.8) is 0 Å². The average Bonchev–Trinajstić information content (AvgIpc) is 3.27. The molecule has 0 bridgehead atoms. The molecule has 3 aromatic rings. The lowest BCUT2D eigenvalue weighted by Gasteiger charge is -2.29. The van der Waals surface area contributed by atoms with Crippen LogP contribution in [0, 0.1) is 6.92 Å². The van der Waals surface area contributed by atoms with Gasteiger partial charge in [-0.15, -0.1) is 5.10 Å². The molecular formula is C23H25N5O2. The van der Waals surface area contributed by atoms with Crippen molar-refractivity contribution in [2.24, 2.45) is 0 Å². The molecule has 1 aromatic heterocycles. The minimum atomic E-state index is -0.285. The molecule has 0 spiro atoms. The van der Waals surface area contributed by atoms with Crippen LogP contribution in [-0.2, 0) is 17.8 Å². The van der Waals surface area contributed by atoms with E-state index >= 15 is 0 Å². The SMILES string of the molecule is Cc1ccc(-n2cc(C(=O)NCCCC(=O)N3CCc4ccccc4C3)nn2)cc1. The average molecular weight is 403 g/mol. The second-order valence-electron chi connectivity index (χ2n) is 7.58. The molecule has 1 aliphatic rings. The third kappa shape index (κ3) is 4.56. The van der Waals surface area contributed by atoms with Gasteiger partial charge in [-0.2, -0.15) is 0 Å². The molecule has 154 valence electrons. The summed E-state index contributed by atoms with van der Waals surface area (Å²) in [5.41, 5.74) is 4.81. The number of carbonyl (C=O) groups excluding carboxylic acids is 2. The van der Waals surface area contributed by atoms with E-state index in [0.29, 0.717) is 25.9 Å². The largest absolute Gasteiger partial charge is 0.351 e. The van der Waals surface area contributed by atoms with Crippen LogP contribution in [0.15, 0.2) is 54.7 Å². The smallest absolute Gasteiger partial charge is 0.273 e. The second-order valence-corrected chi connectivity index (χ2v) is 7.58. The lowest BCUT2D eigenvalue weighted by atomic mass is 9.99. The van der Waals surface area contributed by atoms with E-state index in [9.17, 15) is 9.59 Å². The van der Waals surface area contributed by atoms with E-state index in [1.54, 1.807) is 10.9 Å². The third-order valence-corrected chi connectivity index (χ3v) is 5.36. The fourth-order valence-corrected chi connectivity index (χ4v) is 3.59. The summed E-state index contributed by atoms with van der Waals surface area (Å²) in [5, 5.41) is 10.8. The van der Waals surface area contributed by atoms with Gasteiger partial charge >= 0.3 is 0 Å². The zero-order chi connectivity index (χ0) is 20.9. The van der Waals surface area contributed by atoms with Crippen LogP contribution < -0.4 is 5.32 Å². The van der Waals surface area contributed by atoms with Crippen molar-refractivity contribution >= 4 is 11.8 Å². The summed E-state index contributed by atoms with van der Waals surface area (Å²) >= 11 is 0. The summed E-state index contributed by atoms with van der Waals surface area (Å²) in [4.78, 5) is 26.7. The van der Waals surface area contributed by atoms with E-state index in [1.165, 1.54) is 11.1 Å². The van der Waals surface area contributed by atoms with Gasteiger partial charge in [-0.25, -0.2) is 4.68 Å². The summed E-state index contributed by atoms with van der Waals surface area (Å²) in [7, 11) is 0. The van der Waals surface area contributed by atoms with Gasteiger partial charge in [0.2, 0.25) is 5.91 Å². The van der Waals surface area contributed by atoms with Crippen LogP contribution >= 0.6 is 0 Å². The number of benzene rings is 2. The van der Waals surface area contributed by atoms with Gasteiger partial charge in [0.05, 0.1) is 11.9 Å². The summed E-state index contributed by atoms with van der Waals surface area (Å²) in [6.45, 7) is 3.86. The van der Waals surface area contributed by atoms with Crippen LogP contribution in [0.3, 0.4) is 0 Å². The first-order valence-corrected chi connectivity index (χ1v) is 10.2. The maximum Gasteiger partial charge on any atom is 0.273 e. The Morgan fingerprint density at radius 2 is 1.83 bits per heavy atom. The zero-order valence-electron chi connectivity index (χ0n) is 17.0. The number of amides is 2. The van der Waals surface area contributed by atoms with Crippen molar-refractivity contribution in [3.8, 4) is 5.69 Å². The Balaban J connectivity index is 1.23. The Morgan fingerprint density at radius 1 is 1.07 bits per heavy atom. The molecule has 0 aliphatic carbocycles. The molecular weight excluding hydrogens is 378 g/mol. The van der Waals surface area contributed by atoms with Crippen molar-refractivity contribution in [2.45, 2.75) is 32.7 Å². The molecule has 7 nitrogen and oxygen atoms in total. The third-order valence-electron chi connectivity index (χ3n) is 5.36. The van der Waals surface area contributed by atoms with Gasteiger partial charge in [-0.05, 0) is 43.0 Å². The van der Waals surface area contributed by atoms with E-state index in [1.807, 2.05) is 48.2 Å². The van der Waals surface area contributed by atoms with E-state index in [-0.39, 0.29) is 17.5 Å². The van der Waals surface area contributed by atoms with Crippen LogP contribution in [-0.4, -0.2) is 44.8 Å². The molecule has 30 heavy (non-hydrogen) atoms. The molecule has 0 unspecified atom stereocenters. The number of carbonyl (C=O) groups is 2. The van der Waals surface area contributed by atoms with Crippen LogP contribution in [0.5, 0.6) is 0 Å². The monoisotopic (exact) mass is 403 g/mol. The van der Waals surface area contributed by atoms with Gasteiger partial charge < -0.3 is 10.2 Å². The number of nitrogens with zero attached hydrogens (tertiary/aromatic N) is 4. The molecule has 0 atom stereocenters. The topological polar surface area (TPSA) is 80.1 Å². The maximum absolute atomic E-state index is 12.5. The van der Waals surface area contributed by atoms with Crippen LogP contribution in [0.4, 0.5) is 0 Å². The molecule has 2 amide bonds. The summed E-state index contributed by atoms with van der Waals surface area (Å²) < 4.78 is 1.58. The van der Waals surface area contributed by atoms with E-state index in [0.717, 1.165) is 24.2 Å². The predicted octanol–water partition coefficient (Wildman–Crippen LogP) is 2.67. The minimum Gasteiger partial charge on any atom is -0.351 e. The summed E-state index contributed by atoms with van der Waals surface area (Å²) in [5.74, 6) is -0.156. The van der Waals surface area contributed by atoms with Gasteiger partial charge in [-0.3, -0.25) is 9.59 Å². The van der Waals surface area contributed by atoms with Crippen LogP contribution in [0.2, 0.25) is 0 Å². The number of rotatable bonds is 6. The predicted molar refractivity (Wildman–Crippen MR) is 113 cm³/mol. The van der Waals surface area contributed by atoms with E-state index in [4.69, 9.17) is 0 Å². The van der Waals surface area contributed by atoms with Gasteiger partial charge in [0.25, 0.3) is 5.91 Å². The first-order valence-electron chi connectivity index (χ1n) is 10.2. The van der Waals surface area contributed by atoms with Crippen LogP contribution in [0.1, 0.15) is 40.0 Å². The number of aryl methyl sites for hydroxylation is 1. The number of hydrogen-bond donors (Lipinski definition) is 1. The summed E-state index contributed by atoms with van der Waals surface area (Å²) in [6.07, 6.45) is 3.51. The van der Waals surface area contributed by atoms with Gasteiger partial charge in [0.15, 0.2) is 5.69 Å². The molecule has 2 heterocycles. The molecule has 1 aliphatic heterocycles. The first-order chi connectivity index (χ1) is 14.6. The molecule has 0 saturated carbocycles. The molecule has 2 aromatic carbocycles. The van der Waals surface area contributed by atoms with Crippen molar-refractivity contribution in [1.82, 2.24) is 25.2 Å². The highest BCUT2D eigenvalue weighted by atomic mass is 16.2. The van der Waals surface area contributed by atoms with Crippen LogP contribution in [0.25, 0.3) is 5.69 Å². The normalized spacial score (nSPS) is 13.0. The molecule has 1 N–H and O–H groups in total. The molecule has 4 rings (SSSR count). The quantitative estimate of drug-likeness (QED) is 0.642. The highest BCUT2D eigenvalue weighted by Gasteiger charge is 2.20. The van der Waals surface area contributed by atoms with E-state index < -0.39 is 0 Å². The van der Waals surface area contributed by atoms with Crippen molar-refractivity contribution in [2.75, 3.05) is 13.1 Å². The number of fused-ring (bicyclic) bond motifs is 1. The zero-order valence-corrected chi connectivity index (χ0v) is 17.0. The lowest BCUT2D eigenvalue weighted by Crippen LogP contribution is -2.36.